The molecule has 0 aliphatic carbocycles. The number of hydrogen-bond acceptors (Lipinski definition) is 3. The van der Waals surface area contributed by atoms with Gasteiger partial charge in [-0.3, -0.25) is 4.40 Å². The lowest BCUT2D eigenvalue weighted by atomic mass is 10.2. The minimum atomic E-state index is -4.38. The quantitative estimate of drug-likeness (QED) is 0.746. The maximum Gasteiger partial charge on any atom is 0.416 e. The van der Waals surface area contributed by atoms with Gasteiger partial charge >= 0.3 is 6.18 Å². The predicted octanol–water partition coefficient (Wildman–Crippen LogP) is 4.25. The highest BCUT2D eigenvalue weighted by molar-refractivity contribution is 9.10. The first-order valence-electron chi connectivity index (χ1n) is 5.87. The lowest BCUT2D eigenvalue weighted by Crippen LogP contribution is -2.05. The summed E-state index contributed by atoms with van der Waals surface area (Å²) in [5, 5.41) is 2.86. The Morgan fingerprint density at radius 3 is 2.76 bits per heavy atom. The van der Waals surface area contributed by atoms with Crippen molar-refractivity contribution in [1.82, 2.24) is 14.4 Å². The van der Waals surface area contributed by atoms with Crippen molar-refractivity contribution in [2.75, 3.05) is 5.32 Å². The third-order valence-corrected chi connectivity index (χ3v) is 3.42. The molecule has 0 aliphatic heterocycles. The number of nitrogens with zero attached hydrogens (tertiary/aromatic N) is 3. The molecule has 21 heavy (non-hydrogen) atoms. The van der Waals surface area contributed by atoms with Crippen LogP contribution in [-0.4, -0.2) is 14.4 Å². The van der Waals surface area contributed by atoms with Crippen LogP contribution in [0.25, 0.3) is 5.65 Å². The summed E-state index contributed by atoms with van der Waals surface area (Å²) in [6, 6.07) is 4.93. The van der Waals surface area contributed by atoms with Crippen molar-refractivity contribution in [3.05, 3.63) is 53.0 Å². The monoisotopic (exact) mass is 356 g/mol. The van der Waals surface area contributed by atoms with Gasteiger partial charge in [0.2, 0.25) is 0 Å². The van der Waals surface area contributed by atoms with Crippen molar-refractivity contribution in [2.24, 2.45) is 0 Å². The van der Waals surface area contributed by atoms with E-state index >= 15 is 0 Å². The summed E-state index contributed by atoms with van der Waals surface area (Å²) in [5.41, 5.74) is 0.0929. The Morgan fingerprint density at radius 2 is 2.00 bits per heavy atom. The van der Waals surface area contributed by atoms with Crippen LogP contribution in [0.4, 0.5) is 24.7 Å². The van der Waals surface area contributed by atoms with Gasteiger partial charge < -0.3 is 5.32 Å². The molecule has 1 N–H and O–H groups in total. The largest absolute Gasteiger partial charge is 0.416 e. The molecule has 0 unspecified atom stereocenters. The molecule has 8 heteroatoms. The normalized spacial score (nSPS) is 11.8. The Kier molecular flexibility index (Phi) is 3.32. The van der Waals surface area contributed by atoms with Gasteiger partial charge in [-0.1, -0.05) is 6.07 Å². The zero-order valence-corrected chi connectivity index (χ0v) is 12.0. The van der Waals surface area contributed by atoms with Crippen LogP contribution in [0, 0.1) is 0 Å². The number of nitrogens with one attached hydrogen (secondary N) is 1. The zero-order chi connectivity index (χ0) is 15.0. The molecular weight excluding hydrogens is 349 g/mol. The van der Waals surface area contributed by atoms with E-state index in [9.17, 15) is 13.2 Å². The van der Waals surface area contributed by atoms with Crippen LogP contribution in [0.2, 0.25) is 0 Å². The molecule has 0 radical (unpaired) electrons. The number of hydrogen-bond donors (Lipinski definition) is 1. The van der Waals surface area contributed by atoms with Crippen LogP contribution in [-0.2, 0) is 6.18 Å². The Morgan fingerprint density at radius 1 is 1.19 bits per heavy atom. The number of fused-ring (bicyclic) bond motifs is 1. The summed E-state index contributed by atoms with van der Waals surface area (Å²) < 4.78 is 40.5. The Bertz CT molecular complexity index is 797. The fourth-order valence-corrected chi connectivity index (χ4v) is 2.28. The summed E-state index contributed by atoms with van der Waals surface area (Å²) in [6.45, 7) is 0. The molecule has 0 spiro atoms. The number of alkyl halides is 3. The van der Waals surface area contributed by atoms with Crippen molar-refractivity contribution in [3.63, 3.8) is 0 Å². The topological polar surface area (TPSA) is 42.2 Å². The Hall–Kier alpha value is -2.09. The lowest BCUT2D eigenvalue weighted by molar-refractivity contribution is -0.137. The van der Waals surface area contributed by atoms with Gasteiger partial charge in [0.15, 0.2) is 11.5 Å². The van der Waals surface area contributed by atoms with Crippen LogP contribution >= 0.6 is 15.9 Å². The molecule has 3 aromatic rings. The van der Waals surface area contributed by atoms with E-state index in [2.05, 4.69) is 31.2 Å². The van der Waals surface area contributed by atoms with Crippen molar-refractivity contribution in [2.45, 2.75) is 6.18 Å². The van der Waals surface area contributed by atoms with E-state index in [1.54, 1.807) is 22.9 Å². The predicted molar refractivity (Wildman–Crippen MR) is 75.4 cm³/mol. The van der Waals surface area contributed by atoms with Gasteiger partial charge in [-0.2, -0.15) is 13.2 Å². The number of benzene rings is 1. The number of halogens is 4. The highest BCUT2D eigenvalue weighted by Gasteiger charge is 2.30. The third kappa shape index (κ3) is 2.71. The summed E-state index contributed by atoms with van der Waals surface area (Å²) in [4.78, 5) is 8.27. The second kappa shape index (κ2) is 5.03. The molecule has 0 fully saturated rings. The molecule has 108 valence electrons. The molecule has 0 atom stereocenters. The average molecular weight is 357 g/mol. The first kappa shape index (κ1) is 13.9. The van der Waals surface area contributed by atoms with E-state index in [1.165, 1.54) is 12.3 Å². The van der Waals surface area contributed by atoms with E-state index in [-0.39, 0.29) is 0 Å². The second-order valence-corrected chi connectivity index (χ2v) is 5.07. The molecule has 0 bridgehead atoms. The maximum atomic E-state index is 12.7. The standard InChI is InChI=1S/C13H8BrF3N4/c14-10-7-19-12-11(18-4-5-21(10)12)20-9-3-1-2-8(6-9)13(15,16)17/h1-7H,(H,18,20). The van der Waals surface area contributed by atoms with Crippen LogP contribution in [0.3, 0.4) is 0 Å². The van der Waals surface area contributed by atoms with Gasteiger partial charge in [-0.15, -0.1) is 0 Å². The molecule has 2 aromatic heterocycles. The number of rotatable bonds is 2. The summed E-state index contributed by atoms with van der Waals surface area (Å²) in [6.07, 6.45) is 0.445. The first-order valence-corrected chi connectivity index (χ1v) is 6.66. The van der Waals surface area contributed by atoms with Gasteiger partial charge in [-0.05, 0) is 34.1 Å². The Balaban J connectivity index is 1.99. The molecule has 2 heterocycles. The molecule has 0 aliphatic rings. The Labute approximate surface area is 125 Å². The van der Waals surface area contributed by atoms with Crippen molar-refractivity contribution < 1.29 is 13.2 Å². The molecule has 0 saturated heterocycles. The molecule has 0 saturated carbocycles. The van der Waals surface area contributed by atoms with Gasteiger partial charge in [0.25, 0.3) is 0 Å². The fourth-order valence-electron chi connectivity index (χ4n) is 1.89. The molecular formula is C13H8BrF3N4. The van der Waals surface area contributed by atoms with Crippen molar-refractivity contribution in [3.8, 4) is 0 Å². The SMILES string of the molecule is FC(F)(F)c1cccc(Nc2nccn3c(Br)cnc23)c1. The van der Waals surface area contributed by atoms with Crippen LogP contribution in [0.1, 0.15) is 5.56 Å². The van der Waals surface area contributed by atoms with Gasteiger partial charge in [-0.25, -0.2) is 9.97 Å². The van der Waals surface area contributed by atoms with E-state index in [0.29, 0.717) is 17.2 Å². The van der Waals surface area contributed by atoms with E-state index in [4.69, 9.17) is 0 Å². The number of aromatic nitrogens is 3. The smallest absolute Gasteiger partial charge is 0.337 e. The molecule has 4 nitrogen and oxygen atoms in total. The minimum absolute atomic E-state index is 0.296. The number of anilines is 2. The fraction of sp³-hybridized carbons (Fsp3) is 0.0769. The van der Waals surface area contributed by atoms with Gasteiger partial charge in [0.05, 0.1) is 11.8 Å². The van der Waals surface area contributed by atoms with Crippen LogP contribution in [0.5, 0.6) is 0 Å². The third-order valence-electron chi connectivity index (χ3n) is 2.84. The maximum absolute atomic E-state index is 12.7. The van der Waals surface area contributed by atoms with Crippen molar-refractivity contribution >= 4 is 33.1 Å². The molecule has 3 rings (SSSR count). The molecule has 0 amide bonds. The van der Waals surface area contributed by atoms with Crippen molar-refractivity contribution in [1.29, 1.82) is 0 Å². The summed E-state index contributed by atoms with van der Waals surface area (Å²) in [5.74, 6) is 0.377. The minimum Gasteiger partial charge on any atom is -0.337 e. The highest BCUT2D eigenvalue weighted by atomic mass is 79.9. The van der Waals surface area contributed by atoms with Crippen LogP contribution < -0.4 is 5.32 Å². The van der Waals surface area contributed by atoms with E-state index in [1.807, 2.05) is 0 Å². The summed E-state index contributed by atoms with van der Waals surface area (Å²) in [7, 11) is 0. The first-order chi connectivity index (χ1) is 9.95. The van der Waals surface area contributed by atoms with Gasteiger partial charge in [0, 0.05) is 18.1 Å². The lowest BCUT2D eigenvalue weighted by Gasteiger charge is -2.10. The second-order valence-electron chi connectivity index (χ2n) is 4.25. The van der Waals surface area contributed by atoms with Gasteiger partial charge in [0.1, 0.15) is 4.60 Å². The average Bonchev–Trinajstić information content (AvgIpc) is 2.81. The number of imidazole rings is 1. The molecule has 1 aromatic carbocycles. The zero-order valence-electron chi connectivity index (χ0n) is 10.4. The van der Waals surface area contributed by atoms with Crippen LogP contribution in [0.15, 0.2) is 47.5 Å². The van der Waals surface area contributed by atoms with E-state index < -0.39 is 11.7 Å². The van der Waals surface area contributed by atoms with E-state index in [0.717, 1.165) is 16.7 Å². The summed E-state index contributed by atoms with van der Waals surface area (Å²) >= 11 is 3.32. The highest BCUT2D eigenvalue weighted by Crippen LogP contribution is 2.31.